The molecule has 2 atom stereocenters. The Bertz CT molecular complexity index is 489. The first-order valence-electron chi connectivity index (χ1n) is 7.29. The van der Waals surface area contributed by atoms with Gasteiger partial charge in [0.25, 0.3) is 5.91 Å². The lowest BCUT2D eigenvalue weighted by Gasteiger charge is -2.35. The molecule has 0 spiro atoms. The highest BCUT2D eigenvalue weighted by Gasteiger charge is 2.32. The molecular weight excluding hydrogens is 288 g/mol. The van der Waals surface area contributed by atoms with Gasteiger partial charge in [0, 0.05) is 6.54 Å². The first kappa shape index (κ1) is 16.0. The van der Waals surface area contributed by atoms with E-state index in [0.29, 0.717) is 10.8 Å². The minimum atomic E-state index is -0.801. The molecule has 0 bridgehead atoms. The Balaban J connectivity index is 1.71. The molecule has 0 aliphatic heterocycles. The SMILES string of the molecule is CC1CCCC(O)(CNC(=O)CNC(=O)c2cccs2)C1. The molecule has 3 N–H and O–H groups in total. The predicted molar refractivity (Wildman–Crippen MR) is 82.2 cm³/mol. The second kappa shape index (κ2) is 7.04. The van der Waals surface area contributed by atoms with Gasteiger partial charge in [-0.25, -0.2) is 0 Å². The van der Waals surface area contributed by atoms with Crippen molar-refractivity contribution in [2.75, 3.05) is 13.1 Å². The molecule has 2 rings (SSSR count). The quantitative estimate of drug-likeness (QED) is 0.772. The van der Waals surface area contributed by atoms with E-state index in [1.165, 1.54) is 11.3 Å². The first-order chi connectivity index (χ1) is 9.98. The first-order valence-corrected chi connectivity index (χ1v) is 8.17. The van der Waals surface area contributed by atoms with Crippen LogP contribution in [0.3, 0.4) is 0 Å². The molecule has 21 heavy (non-hydrogen) atoms. The average Bonchev–Trinajstić information content (AvgIpc) is 2.96. The Kier molecular flexibility index (Phi) is 5.36. The molecule has 1 aliphatic carbocycles. The van der Waals surface area contributed by atoms with Crippen LogP contribution in [0.1, 0.15) is 42.3 Å². The number of carbonyl (C=O) groups is 2. The van der Waals surface area contributed by atoms with Gasteiger partial charge in [0.15, 0.2) is 0 Å². The molecule has 2 amide bonds. The summed E-state index contributed by atoms with van der Waals surface area (Å²) in [6.07, 6.45) is 3.56. The van der Waals surface area contributed by atoms with E-state index in [1.807, 2.05) is 5.38 Å². The van der Waals surface area contributed by atoms with Gasteiger partial charge < -0.3 is 15.7 Å². The maximum atomic E-state index is 11.7. The lowest BCUT2D eigenvalue weighted by molar-refractivity contribution is -0.122. The highest BCUT2D eigenvalue weighted by atomic mass is 32.1. The number of nitrogens with one attached hydrogen (secondary N) is 2. The van der Waals surface area contributed by atoms with Crippen molar-refractivity contribution in [2.24, 2.45) is 5.92 Å². The smallest absolute Gasteiger partial charge is 0.261 e. The van der Waals surface area contributed by atoms with Gasteiger partial charge >= 0.3 is 0 Å². The number of aliphatic hydroxyl groups is 1. The van der Waals surface area contributed by atoms with Gasteiger partial charge in [0.2, 0.25) is 5.91 Å². The van der Waals surface area contributed by atoms with Crippen molar-refractivity contribution < 1.29 is 14.7 Å². The molecule has 6 heteroatoms. The number of thiophene rings is 1. The predicted octanol–water partition coefficient (Wildman–Crippen LogP) is 1.54. The molecule has 5 nitrogen and oxygen atoms in total. The molecule has 1 saturated carbocycles. The van der Waals surface area contributed by atoms with Gasteiger partial charge in [-0.05, 0) is 30.2 Å². The van der Waals surface area contributed by atoms with E-state index in [-0.39, 0.29) is 24.9 Å². The summed E-state index contributed by atoms with van der Waals surface area (Å²) in [5, 5.41) is 17.5. The molecule has 2 unspecified atom stereocenters. The fourth-order valence-electron chi connectivity index (χ4n) is 2.77. The summed E-state index contributed by atoms with van der Waals surface area (Å²) in [5.74, 6) is -0.0316. The molecule has 0 aromatic carbocycles. The van der Waals surface area contributed by atoms with Crippen molar-refractivity contribution in [1.82, 2.24) is 10.6 Å². The number of amides is 2. The molecule has 1 heterocycles. The number of rotatable bonds is 5. The lowest BCUT2D eigenvalue weighted by atomic mass is 9.79. The van der Waals surface area contributed by atoms with Crippen molar-refractivity contribution in [3.63, 3.8) is 0 Å². The molecule has 0 saturated heterocycles. The summed E-state index contributed by atoms with van der Waals surface area (Å²) >= 11 is 1.33. The molecule has 0 radical (unpaired) electrons. The fraction of sp³-hybridized carbons (Fsp3) is 0.600. The van der Waals surface area contributed by atoms with Crippen molar-refractivity contribution in [1.29, 1.82) is 0 Å². The van der Waals surface area contributed by atoms with Crippen molar-refractivity contribution in [3.8, 4) is 0 Å². The zero-order valence-corrected chi connectivity index (χ0v) is 13.0. The zero-order chi connectivity index (χ0) is 15.3. The second-order valence-electron chi connectivity index (χ2n) is 5.86. The minimum absolute atomic E-state index is 0.0671. The summed E-state index contributed by atoms with van der Waals surface area (Å²) in [4.78, 5) is 24.0. The van der Waals surface area contributed by atoms with E-state index in [2.05, 4.69) is 17.6 Å². The molecular formula is C15H22N2O3S. The van der Waals surface area contributed by atoms with Gasteiger partial charge in [-0.3, -0.25) is 9.59 Å². The van der Waals surface area contributed by atoms with Crippen LogP contribution in [0.4, 0.5) is 0 Å². The van der Waals surface area contributed by atoms with Crippen molar-refractivity contribution in [3.05, 3.63) is 22.4 Å². The van der Waals surface area contributed by atoms with Crippen LogP contribution in [0, 0.1) is 5.92 Å². The Morgan fingerprint density at radius 2 is 2.29 bits per heavy atom. The summed E-state index contributed by atoms with van der Waals surface area (Å²) < 4.78 is 0. The monoisotopic (exact) mass is 310 g/mol. The third-order valence-electron chi connectivity index (χ3n) is 3.84. The largest absolute Gasteiger partial charge is 0.388 e. The average molecular weight is 310 g/mol. The van der Waals surface area contributed by atoms with Gasteiger partial charge in [0.1, 0.15) is 0 Å². The molecule has 1 fully saturated rings. The van der Waals surface area contributed by atoms with Gasteiger partial charge in [-0.15, -0.1) is 11.3 Å². The van der Waals surface area contributed by atoms with E-state index >= 15 is 0 Å². The minimum Gasteiger partial charge on any atom is -0.388 e. The number of hydrogen-bond donors (Lipinski definition) is 3. The standard InChI is InChI=1S/C15H22N2O3S/c1-11-4-2-6-15(20,8-11)10-17-13(18)9-16-14(19)12-5-3-7-21-12/h3,5,7,11,20H,2,4,6,8-10H2,1H3,(H,16,19)(H,17,18). The van der Waals surface area contributed by atoms with Gasteiger partial charge in [0.05, 0.1) is 17.0 Å². The second-order valence-corrected chi connectivity index (χ2v) is 6.81. The Hall–Kier alpha value is -1.40. The summed E-state index contributed by atoms with van der Waals surface area (Å²) in [6.45, 7) is 2.31. The van der Waals surface area contributed by atoms with E-state index in [9.17, 15) is 14.7 Å². The van der Waals surface area contributed by atoms with E-state index in [1.54, 1.807) is 12.1 Å². The van der Waals surface area contributed by atoms with Crippen LogP contribution in [0.15, 0.2) is 17.5 Å². The zero-order valence-electron chi connectivity index (χ0n) is 12.2. The lowest BCUT2D eigenvalue weighted by Crippen LogP contribution is -2.48. The van der Waals surface area contributed by atoms with Crippen molar-refractivity contribution in [2.45, 2.75) is 38.2 Å². The number of hydrogen-bond acceptors (Lipinski definition) is 4. The van der Waals surface area contributed by atoms with Crippen LogP contribution < -0.4 is 10.6 Å². The summed E-state index contributed by atoms with van der Waals surface area (Å²) in [7, 11) is 0. The van der Waals surface area contributed by atoms with Crippen LogP contribution in [0.2, 0.25) is 0 Å². The summed E-state index contributed by atoms with van der Waals surface area (Å²) in [5.41, 5.74) is -0.801. The van der Waals surface area contributed by atoms with Gasteiger partial charge in [-0.1, -0.05) is 25.8 Å². The van der Waals surface area contributed by atoms with Crippen molar-refractivity contribution >= 4 is 23.2 Å². The number of carbonyl (C=O) groups excluding carboxylic acids is 2. The Morgan fingerprint density at radius 1 is 1.48 bits per heavy atom. The third-order valence-corrected chi connectivity index (χ3v) is 4.71. The van der Waals surface area contributed by atoms with Crippen LogP contribution in [-0.2, 0) is 4.79 Å². The maximum absolute atomic E-state index is 11.7. The van der Waals surface area contributed by atoms with Gasteiger partial charge in [-0.2, -0.15) is 0 Å². The molecule has 1 aromatic rings. The highest BCUT2D eigenvalue weighted by Crippen LogP contribution is 2.31. The molecule has 1 aliphatic rings. The topological polar surface area (TPSA) is 78.4 Å². The van der Waals surface area contributed by atoms with E-state index in [0.717, 1.165) is 25.7 Å². The van der Waals surface area contributed by atoms with E-state index < -0.39 is 5.60 Å². The highest BCUT2D eigenvalue weighted by molar-refractivity contribution is 7.12. The molecule has 116 valence electrons. The van der Waals surface area contributed by atoms with Crippen LogP contribution in [-0.4, -0.2) is 35.6 Å². The third kappa shape index (κ3) is 4.82. The Labute approximate surface area is 128 Å². The Morgan fingerprint density at radius 3 is 2.95 bits per heavy atom. The van der Waals surface area contributed by atoms with Crippen LogP contribution in [0.5, 0.6) is 0 Å². The van der Waals surface area contributed by atoms with Crippen LogP contribution in [0.25, 0.3) is 0 Å². The molecule has 1 aromatic heterocycles. The maximum Gasteiger partial charge on any atom is 0.261 e. The summed E-state index contributed by atoms with van der Waals surface area (Å²) in [6, 6.07) is 3.50. The normalized spacial score (nSPS) is 25.3. The fourth-order valence-corrected chi connectivity index (χ4v) is 3.41. The van der Waals surface area contributed by atoms with Crippen LogP contribution >= 0.6 is 11.3 Å². The van der Waals surface area contributed by atoms with E-state index in [4.69, 9.17) is 0 Å².